The van der Waals surface area contributed by atoms with Crippen LogP contribution in [0, 0.1) is 5.41 Å². The highest BCUT2D eigenvalue weighted by atomic mass is 19.4. The fourth-order valence-electron chi connectivity index (χ4n) is 2.18. The second-order valence-corrected chi connectivity index (χ2v) is 7.36. The molecule has 0 saturated carbocycles. The number of rotatable bonds is 1. The second-order valence-electron chi connectivity index (χ2n) is 7.36. The van der Waals surface area contributed by atoms with Crippen LogP contribution >= 0.6 is 0 Å². The molecule has 0 fully saturated rings. The molecule has 0 N–H and O–H groups in total. The molecule has 0 heterocycles. The van der Waals surface area contributed by atoms with Crippen LogP contribution in [0.1, 0.15) is 58.2 Å². The van der Waals surface area contributed by atoms with E-state index in [0.29, 0.717) is 0 Å². The van der Waals surface area contributed by atoms with Crippen LogP contribution in [-0.4, -0.2) is 0 Å². The molecule has 0 aliphatic rings. The summed E-state index contributed by atoms with van der Waals surface area (Å²) in [4.78, 5) is 0. The fourth-order valence-corrected chi connectivity index (χ4v) is 2.18. The van der Waals surface area contributed by atoms with Crippen molar-refractivity contribution in [3.8, 4) is 0 Å². The largest absolute Gasteiger partial charge is 0.416 e. The molecule has 1 rings (SSSR count). The third-order valence-electron chi connectivity index (χ3n) is 2.97. The molecule has 1 aromatic carbocycles. The van der Waals surface area contributed by atoms with Crippen LogP contribution in [0.2, 0.25) is 0 Å². The van der Waals surface area contributed by atoms with Crippen molar-refractivity contribution in [1.82, 2.24) is 0 Å². The van der Waals surface area contributed by atoms with Crippen molar-refractivity contribution in [3.05, 3.63) is 34.9 Å². The first-order chi connectivity index (χ1) is 8.31. The topological polar surface area (TPSA) is 0 Å². The number of hydrogen-bond donors (Lipinski definition) is 0. The molecule has 0 radical (unpaired) electrons. The molecule has 0 aliphatic heterocycles. The summed E-state index contributed by atoms with van der Waals surface area (Å²) in [5, 5.41) is 0. The van der Waals surface area contributed by atoms with E-state index in [1.54, 1.807) is 6.07 Å². The van der Waals surface area contributed by atoms with Gasteiger partial charge in [-0.25, -0.2) is 0 Å². The Morgan fingerprint density at radius 1 is 0.895 bits per heavy atom. The van der Waals surface area contributed by atoms with E-state index in [9.17, 15) is 13.2 Å². The van der Waals surface area contributed by atoms with E-state index in [1.807, 2.05) is 20.8 Å². The van der Waals surface area contributed by atoms with E-state index >= 15 is 0 Å². The summed E-state index contributed by atoms with van der Waals surface area (Å²) in [5.74, 6) is 0. The predicted molar refractivity (Wildman–Crippen MR) is 73.3 cm³/mol. The van der Waals surface area contributed by atoms with Gasteiger partial charge < -0.3 is 0 Å². The van der Waals surface area contributed by atoms with Gasteiger partial charge in [0, 0.05) is 0 Å². The molecule has 0 unspecified atom stereocenters. The molecule has 0 bridgehead atoms. The van der Waals surface area contributed by atoms with Gasteiger partial charge in [-0.1, -0.05) is 47.6 Å². The van der Waals surface area contributed by atoms with Gasteiger partial charge in [0.2, 0.25) is 0 Å². The second kappa shape index (κ2) is 4.84. The van der Waals surface area contributed by atoms with Gasteiger partial charge in [0.15, 0.2) is 0 Å². The van der Waals surface area contributed by atoms with Crippen molar-refractivity contribution in [2.45, 2.75) is 59.6 Å². The molecule has 0 atom stereocenters. The van der Waals surface area contributed by atoms with Crippen LogP contribution in [0.3, 0.4) is 0 Å². The smallest absolute Gasteiger partial charge is 0.166 e. The quantitative estimate of drug-likeness (QED) is 0.625. The third-order valence-corrected chi connectivity index (χ3v) is 2.97. The van der Waals surface area contributed by atoms with Gasteiger partial charge in [-0.15, -0.1) is 0 Å². The van der Waals surface area contributed by atoms with Gasteiger partial charge in [-0.05, 0) is 40.5 Å². The maximum absolute atomic E-state index is 12.8. The van der Waals surface area contributed by atoms with E-state index in [-0.39, 0.29) is 10.8 Å². The Hall–Kier alpha value is -0.990. The summed E-state index contributed by atoms with van der Waals surface area (Å²) in [5.41, 5.74) is 1.00. The molecule has 3 heteroatoms. The molecule has 0 amide bonds. The minimum Gasteiger partial charge on any atom is -0.166 e. The summed E-state index contributed by atoms with van der Waals surface area (Å²) in [6, 6.07) is 4.13. The Labute approximate surface area is 114 Å². The molecule has 1 aromatic rings. The van der Waals surface area contributed by atoms with Crippen molar-refractivity contribution in [2.24, 2.45) is 5.41 Å². The zero-order chi connectivity index (χ0) is 15.1. The number of halogens is 3. The first kappa shape index (κ1) is 16.1. The highest BCUT2D eigenvalue weighted by Gasteiger charge is 2.32. The van der Waals surface area contributed by atoms with Crippen molar-refractivity contribution in [2.75, 3.05) is 0 Å². The van der Waals surface area contributed by atoms with Crippen molar-refractivity contribution >= 4 is 0 Å². The van der Waals surface area contributed by atoms with Crippen LogP contribution < -0.4 is 0 Å². The standard InChI is InChI=1S/C16H23F3/c1-14(2,3)10-11-7-8-12(16(17,18)19)9-13(11)15(4,5)6/h7-9H,10H2,1-6H3. The van der Waals surface area contributed by atoms with Gasteiger partial charge in [-0.3, -0.25) is 0 Å². The molecule has 0 saturated heterocycles. The van der Waals surface area contributed by atoms with Crippen LogP contribution in [0.5, 0.6) is 0 Å². The van der Waals surface area contributed by atoms with Crippen molar-refractivity contribution in [1.29, 1.82) is 0 Å². The lowest BCUT2D eigenvalue weighted by atomic mass is 9.78. The maximum atomic E-state index is 12.8. The Bertz CT molecular complexity index is 443. The first-order valence-corrected chi connectivity index (χ1v) is 6.51. The number of hydrogen-bond acceptors (Lipinski definition) is 0. The normalized spacial score (nSPS) is 13.7. The van der Waals surface area contributed by atoms with Crippen LogP contribution in [0.25, 0.3) is 0 Å². The predicted octanol–water partition coefficient (Wildman–Crippen LogP) is 5.59. The van der Waals surface area contributed by atoms with E-state index in [2.05, 4.69) is 20.8 Å². The Morgan fingerprint density at radius 3 is 1.79 bits per heavy atom. The number of benzene rings is 1. The first-order valence-electron chi connectivity index (χ1n) is 6.51. The van der Waals surface area contributed by atoms with E-state index in [0.717, 1.165) is 17.5 Å². The molecule has 19 heavy (non-hydrogen) atoms. The SMILES string of the molecule is CC(C)(C)Cc1ccc(C(F)(F)F)cc1C(C)(C)C. The molecule has 0 nitrogen and oxygen atoms in total. The number of alkyl halides is 3. The molecule has 0 aromatic heterocycles. The van der Waals surface area contributed by atoms with Gasteiger partial charge in [0.05, 0.1) is 5.56 Å². The van der Waals surface area contributed by atoms with Gasteiger partial charge in [-0.2, -0.15) is 13.2 Å². The fraction of sp³-hybridized carbons (Fsp3) is 0.625. The Kier molecular flexibility index (Phi) is 4.09. The van der Waals surface area contributed by atoms with Gasteiger partial charge in [0.1, 0.15) is 0 Å². The summed E-state index contributed by atoms with van der Waals surface area (Å²) in [6.45, 7) is 12.1. The Morgan fingerprint density at radius 2 is 1.42 bits per heavy atom. The monoisotopic (exact) mass is 272 g/mol. The maximum Gasteiger partial charge on any atom is 0.416 e. The lowest BCUT2D eigenvalue weighted by Gasteiger charge is -2.28. The summed E-state index contributed by atoms with van der Waals surface area (Å²) in [7, 11) is 0. The van der Waals surface area contributed by atoms with Crippen LogP contribution in [0.4, 0.5) is 13.2 Å². The van der Waals surface area contributed by atoms with E-state index < -0.39 is 11.7 Å². The lowest BCUT2D eigenvalue weighted by molar-refractivity contribution is -0.137. The molecule has 108 valence electrons. The average Bonchev–Trinajstić information content (AvgIpc) is 2.11. The van der Waals surface area contributed by atoms with Crippen LogP contribution in [0.15, 0.2) is 18.2 Å². The minimum atomic E-state index is -4.28. The summed E-state index contributed by atoms with van der Waals surface area (Å²) < 4.78 is 38.5. The molecular formula is C16H23F3. The molecule has 0 spiro atoms. The average molecular weight is 272 g/mol. The van der Waals surface area contributed by atoms with Gasteiger partial charge >= 0.3 is 6.18 Å². The summed E-state index contributed by atoms with van der Waals surface area (Å²) in [6.07, 6.45) is -3.50. The van der Waals surface area contributed by atoms with Crippen molar-refractivity contribution in [3.63, 3.8) is 0 Å². The Balaban J connectivity index is 3.34. The zero-order valence-corrected chi connectivity index (χ0v) is 12.6. The van der Waals surface area contributed by atoms with Gasteiger partial charge in [0.25, 0.3) is 0 Å². The zero-order valence-electron chi connectivity index (χ0n) is 12.6. The van der Waals surface area contributed by atoms with Crippen LogP contribution in [-0.2, 0) is 18.0 Å². The van der Waals surface area contributed by atoms with E-state index in [1.165, 1.54) is 12.1 Å². The molecule has 0 aliphatic carbocycles. The highest BCUT2D eigenvalue weighted by molar-refractivity contribution is 5.38. The third kappa shape index (κ3) is 4.55. The molecular weight excluding hydrogens is 249 g/mol. The van der Waals surface area contributed by atoms with Crippen molar-refractivity contribution < 1.29 is 13.2 Å². The highest BCUT2D eigenvalue weighted by Crippen LogP contribution is 2.36. The minimum absolute atomic E-state index is 0.0553. The summed E-state index contributed by atoms with van der Waals surface area (Å²) >= 11 is 0. The lowest BCUT2D eigenvalue weighted by Crippen LogP contribution is -2.20. The van der Waals surface area contributed by atoms with E-state index in [4.69, 9.17) is 0 Å².